The first-order valence-electron chi connectivity index (χ1n) is 4.49. The predicted molar refractivity (Wildman–Crippen MR) is 67.5 cm³/mol. The van der Waals surface area contributed by atoms with Gasteiger partial charge in [0.15, 0.2) is 0 Å². The number of rotatable bonds is 3. The fourth-order valence-corrected chi connectivity index (χ4v) is 3.02. The molecule has 0 bridgehead atoms. The Bertz CT molecular complexity index is 557. The topological polar surface area (TPSA) is 63.2 Å². The second kappa shape index (κ2) is 5.44. The van der Waals surface area contributed by atoms with E-state index in [9.17, 15) is 13.2 Å². The first kappa shape index (κ1) is 14.6. The van der Waals surface area contributed by atoms with Crippen molar-refractivity contribution in [1.82, 2.24) is 5.32 Å². The summed E-state index contributed by atoms with van der Waals surface area (Å²) in [6.07, 6.45) is 0. The number of hydrogen-bond acceptors (Lipinski definition) is 3. The van der Waals surface area contributed by atoms with E-state index >= 15 is 0 Å². The van der Waals surface area contributed by atoms with Gasteiger partial charge in [0, 0.05) is 22.2 Å². The van der Waals surface area contributed by atoms with E-state index in [4.69, 9.17) is 33.9 Å². The molecule has 0 fully saturated rings. The monoisotopic (exact) mass is 315 g/mol. The van der Waals surface area contributed by atoms with Crippen LogP contribution in [0.25, 0.3) is 0 Å². The van der Waals surface area contributed by atoms with Crippen LogP contribution in [0.3, 0.4) is 0 Å². The minimum absolute atomic E-state index is 0.0276. The Morgan fingerprint density at radius 3 is 2.41 bits per heavy atom. The van der Waals surface area contributed by atoms with Gasteiger partial charge in [-0.15, -0.1) is 0 Å². The molecule has 1 aromatic carbocycles. The van der Waals surface area contributed by atoms with Crippen molar-refractivity contribution in [2.75, 3.05) is 6.54 Å². The Kier molecular flexibility index (Phi) is 4.66. The molecule has 1 N–H and O–H groups in total. The van der Waals surface area contributed by atoms with Crippen LogP contribution in [-0.4, -0.2) is 20.9 Å². The fourth-order valence-electron chi connectivity index (χ4n) is 1.16. The predicted octanol–water partition coefficient (Wildman–Crippen LogP) is 2.67. The van der Waals surface area contributed by atoms with Crippen LogP contribution < -0.4 is 5.32 Å². The van der Waals surface area contributed by atoms with Gasteiger partial charge in [0.2, 0.25) is 0 Å². The largest absolute Gasteiger partial charge is 0.352 e. The highest BCUT2D eigenvalue weighted by Crippen LogP contribution is 2.31. The normalized spacial score (nSPS) is 11.3. The summed E-state index contributed by atoms with van der Waals surface area (Å²) < 4.78 is 22.5. The summed E-state index contributed by atoms with van der Waals surface area (Å²) >= 11 is 11.5. The molecule has 0 radical (unpaired) electrons. The summed E-state index contributed by atoms with van der Waals surface area (Å²) in [5.74, 6) is -0.512. The van der Waals surface area contributed by atoms with Gasteiger partial charge < -0.3 is 5.32 Å². The fraction of sp³-hybridized carbons (Fsp3) is 0.222. The average molecular weight is 317 g/mol. The molecule has 0 heterocycles. The van der Waals surface area contributed by atoms with E-state index in [0.29, 0.717) is 6.54 Å². The summed E-state index contributed by atoms with van der Waals surface area (Å²) in [5, 5.41) is 2.31. The molecule has 94 valence electrons. The van der Waals surface area contributed by atoms with Crippen LogP contribution in [0.5, 0.6) is 0 Å². The van der Waals surface area contributed by atoms with Crippen LogP contribution in [0.1, 0.15) is 17.3 Å². The van der Waals surface area contributed by atoms with Crippen LogP contribution in [0, 0.1) is 0 Å². The van der Waals surface area contributed by atoms with E-state index in [1.165, 1.54) is 6.07 Å². The van der Waals surface area contributed by atoms with Crippen molar-refractivity contribution in [1.29, 1.82) is 0 Å². The summed E-state index contributed by atoms with van der Waals surface area (Å²) in [5.41, 5.74) is -0.0276. The van der Waals surface area contributed by atoms with Gasteiger partial charge in [0.25, 0.3) is 15.0 Å². The van der Waals surface area contributed by atoms with Crippen molar-refractivity contribution < 1.29 is 13.2 Å². The van der Waals surface area contributed by atoms with Crippen LogP contribution in [0.15, 0.2) is 17.0 Å². The lowest BCUT2D eigenvalue weighted by Gasteiger charge is -2.08. The molecule has 0 aromatic heterocycles. The zero-order valence-electron chi connectivity index (χ0n) is 8.63. The van der Waals surface area contributed by atoms with Gasteiger partial charge >= 0.3 is 0 Å². The Hall–Kier alpha value is -0.490. The van der Waals surface area contributed by atoms with Gasteiger partial charge in [-0.05, 0) is 19.1 Å². The molecule has 1 rings (SSSR count). The number of hydrogen-bond donors (Lipinski definition) is 1. The molecule has 0 saturated heterocycles. The maximum absolute atomic E-state index is 11.6. The SMILES string of the molecule is CCNC(=O)c1cc(Cl)cc(S(=O)(=O)Cl)c1Cl. The first-order valence-corrected chi connectivity index (χ1v) is 7.55. The van der Waals surface area contributed by atoms with E-state index in [1.54, 1.807) is 6.92 Å². The first-order chi connectivity index (χ1) is 7.77. The minimum atomic E-state index is -4.05. The lowest BCUT2D eigenvalue weighted by molar-refractivity contribution is 0.0956. The molecule has 17 heavy (non-hydrogen) atoms. The van der Waals surface area contributed by atoms with E-state index in [0.717, 1.165) is 6.07 Å². The van der Waals surface area contributed by atoms with Gasteiger partial charge in [-0.3, -0.25) is 4.79 Å². The van der Waals surface area contributed by atoms with Crippen molar-refractivity contribution in [3.63, 3.8) is 0 Å². The molecule has 0 unspecified atom stereocenters. The Balaban J connectivity index is 3.44. The van der Waals surface area contributed by atoms with Gasteiger partial charge in [0.05, 0.1) is 10.6 Å². The lowest BCUT2D eigenvalue weighted by Crippen LogP contribution is -2.23. The Labute approximate surface area is 113 Å². The molecular weight excluding hydrogens is 309 g/mol. The van der Waals surface area contributed by atoms with Gasteiger partial charge in [-0.1, -0.05) is 23.2 Å². The molecule has 0 aliphatic heterocycles. The smallest absolute Gasteiger partial charge is 0.262 e. The maximum atomic E-state index is 11.6. The minimum Gasteiger partial charge on any atom is -0.352 e. The third-order valence-corrected chi connectivity index (χ3v) is 3.93. The number of benzene rings is 1. The van der Waals surface area contributed by atoms with Gasteiger partial charge in [-0.25, -0.2) is 8.42 Å². The van der Waals surface area contributed by atoms with Crippen molar-refractivity contribution in [2.45, 2.75) is 11.8 Å². The molecule has 0 spiro atoms. The molecular formula is C9H8Cl3NO3S. The van der Waals surface area contributed by atoms with Crippen molar-refractivity contribution in [2.24, 2.45) is 0 Å². The second-order valence-corrected chi connectivity index (χ2v) is 6.41. The lowest BCUT2D eigenvalue weighted by atomic mass is 10.2. The Morgan fingerprint density at radius 2 is 1.94 bits per heavy atom. The van der Waals surface area contributed by atoms with Crippen LogP contribution in [-0.2, 0) is 9.05 Å². The summed E-state index contributed by atoms with van der Waals surface area (Å²) in [7, 11) is 1.14. The van der Waals surface area contributed by atoms with E-state index in [2.05, 4.69) is 5.32 Å². The Morgan fingerprint density at radius 1 is 1.35 bits per heavy atom. The van der Waals surface area contributed by atoms with Crippen molar-refractivity contribution in [3.8, 4) is 0 Å². The highest BCUT2D eigenvalue weighted by molar-refractivity contribution is 8.13. The third kappa shape index (κ3) is 3.48. The molecule has 1 amide bonds. The standard InChI is InChI=1S/C9H8Cl3NO3S/c1-2-13-9(14)6-3-5(10)4-7(8(6)11)17(12,15)16/h3-4H,2H2,1H3,(H,13,14). The molecule has 8 heteroatoms. The van der Waals surface area contributed by atoms with Crippen molar-refractivity contribution >= 4 is 48.8 Å². The molecule has 0 atom stereocenters. The molecule has 0 aliphatic carbocycles. The van der Waals surface area contributed by atoms with Crippen LogP contribution >= 0.6 is 33.9 Å². The number of carbonyl (C=O) groups is 1. The molecule has 4 nitrogen and oxygen atoms in total. The van der Waals surface area contributed by atoms with E-state index in [1.807, 2.05) is 0 Å². The summed E-state index contributed by atoms with van der Waals surface area (Å²) in [4.78, 5) is 11.2. The molecule has 0 saturated carbocycles. The van der Waals surface area contributed by atoms with E-state index < -0.39 is 15.0 Å². The number of carbonyl (C=O) groups excluding carboxylic acids is 1. The zero-order valence-corrected chi connectivity index (χ0v) is 11.7. The van der Waals surface area contributed by atoms with Crippen LogP contribution in [0.4, 0.5) is 0 Å². The molecule has 1 aromatic rings. The quantitative estimate of drug-likeness (QED) is 0.872. The van der Waals surface area contributed by atoms with Crippen LogP contribution in [0.2, 0.25) is 10.0 Å². The summed E-state index contributed by atoms with van der Waals surface area (Å²) in [6.45, 7) is 2.10. The van der Waals surface area contributed by atoms with E-state index in [-0.39, 0.29) is 20.5 Å². The third-order valence-electron chi connectivity index (χ3n) is 1.85. The number of nitrogens with one attached hydrogen (secondary N) is 1. The number of halogens is 3. The van der Waals surface area contributed by atoms with Gasteiger partial charge in [0.1, 0.15) is 4.90 Å². The molecule has 0 aliphatic rings. The number of amides is 1. The van der Waals surface area contributed by atoms with Gasteiger partial charge in [-0.2, -0.15) is 0 Å². The highest BCUT2D eigenvalue weighted by Gasteiger charge is 2.21. The summed E-state index contributed by atoms with van der Waals surface area (Å²) in [6, 6.07) is 2.37. The van der Waals surface area contributed by atoms with Crippen molar-refractivity contribution in [3.05, 3.63) is 27.7 Å². The highest BCUT2D eigenvalue weighted by atomic mass is 35.7. The second-order valence-electron chi connectivity index (χ2n) is 3.06. The average Bonchev–Trinajstić information content (AvgIpc) is 2.19. The zero-order chi connectivity index (χ0) is 13.2. The maximum Gasteiger partial charge on any atom is 0.262 e.